The Morgan fingerprint density at radius 2 is 1.43 bits per heavy atom. The molecule has 3 aromatic rings. The van der Waals surface area contributed by atoms with Crippen molar-refractivity contribution in [3.8, 4) is 16.9 Å². The summed E-state index contributed by atoms with van der Waals surface area (Å²) in [5, 5.41) is 11.6. The topological polar surface area (TPSA) is 111 Å². The summed E-state index contributed by atoms with van der Waals surface area (Å²) in [5.41, 5.74) is 4.54. The van der Waals surface area contributed by atoms with Crippen molar-refractivity contribution < 1.29 is 33.7 Å². The van der Waals surface area contributed by atoms with Gasteiger partial charge >= 0.3 is 18.2 Å². The molecule has 0 heterocycles. The number of carboxylic acids is 1. The van der Waals surface area contributed by atoms with Gasteiger partial charge in [-0.1, -0.05) is 95.5 Å². The Bertz CT molecular complexity index is 1260. The first kappa shape index (κ1) is 26.6. The summed E-state index contributed by atoms with van der Waals surface area (Å²) >= 11 is 16.5. The molecule has 1 aliphatic carbocycles. The lowest BCUT2D eigenvalue weighted by Crippen LogP contribution is -2.35. The lowest BCUT2D eigenvalue weighted by Gasteiger charge is -2.17. The highest BCUT2D eigenvalue weighted by atomic mass is 35.6. The van der Waals surface area contributed by atoms with Crippen molar-refractivity contribution in [1.82, 2.24) is 5.32 Å². The first-order valence-electron chi connectivity index (χ1n) is 11.0. The molecule has 1 aliphatic rings. The molecule has 1 amide bonds. The molecule has 0 fully saturated rings. The number of alkyl carbamates (subject to hydrolysis) is 1. The highest BCUT2D eigenvalue weighted by molar-refractivity contribution is 6.67. The van der Waals surface area contributed by atoms with Crippen LogP contribution in [0.1, 0.15) is 28.7 Å². The number of alkyl halides is 3. The number of nitrogens with one attached hydrogen (secondary N) is 1. The Morgan fingerprint density at radius 3 is 1.97 bits per heavy atom. The van der Waals surface area contributed by atoms with Crippen LogP contribution in [0.15, 0.2) is 72.8 Å². The first-order valence-corrected chi connectivity index (χ1v) is 12.1. The zero-order valence-electron chi connectivity index (χ0n) is 19.0. The second-order valence-electron chi connectivity index (χ2n) is 8.07. The summed E-state index contributed by atoms with van der Waals surface area (Å²) in [6, 6.07) is 20.0. The molecule has 0 radical (unpaired) electrons. The minimum Gasteiger partial charge on any atom is -0.479 e. The number of carboxylic acid groups (broad SMARTS) is 1. The molecule has 0 saturated carbocycles. The second kappa shape index (κ2) is 11.3. The SMILES string of the molecule is O=C(N[C@@H](C(=O)O)c1ccc(OC(=O)OCC2c3ccccc3-c3ccccc32)cc1)OCC(Cl)(Cl)Cl. The fraction of sp³-hybridized carbons (Fsp3) is 0.192. The fourth-order valence-corrected chi connectivity index (χ4v) is 4.20. The number of hydrogen-bond donors (Lipinski definition) is 2. The van der Waals surface area contributed by atoms with Gasteiger partial charge in [0.2, 0.25) is 3.79 Å². The second-order valence-corrected chi connectivity index (χ2v) is 10.6. The zero-order chi connectivity index (χ0) is 26.6. The minimum atomic E-state index is -1.84. The standard InChI is InChI=1S/C26H20Cl3NO7/c27-26(28,29)14-36-24(33)30-22(23(31)32)15-9-11-16(12-10-15)37-25(34)35-13-21-19-7-3-1-5-17(19)18-6-2-4-8-20(18)21/h1-12,21-22H,13-14H2,(H,30,33)(H,31,32)/t22-/m1/s1. The smallest absolute Gasteiger partial charge is 0.479 e. The summed E-state index contributed by atoms with van der Waals surface area (Å²) in [6.07, 6.45) is -1.99. The average Bonchev–Trinajstić information content (AvgIpc) is 3.18. The molecule has 0 unspecified atom stereocenters. The molecular weight excluding hydrogens is 545 g/mol. The van der Waals surface area contributed by atoms with Crippen molar-refractivity contribution in [2.24, 2.45) is 0 Å². The van der Waals surface area contributed by atoms with E-state index < -0.39 is 34.7 Å². The molecule has 2 N–H and O–H groups in total. The van der Waals surface area contributed by atoms with E-state index in [-0.39, 0.29) is 23.8 Å². The van der Waals surface area contributed by atoms with E-state index in [0.717, 1.165) is 22.3 Å². The molecule has 0 saturated heterocycles. The van der Waals surface area contributed by atoms with Crippen molar-refractivity contribution in [2.75, 3.05) is 13.2 Å². The van der Waals surface area contributed by atoms with Crippen LogP contribution < -0.4 is 10.1 Å². The fourth-order valence-electron chi connectivity index (χ4n) is 4.04. The third kappa shape index (κ3) is 6.65. The van der Waals surface area contributed by atoms with Gasteiger partial charge in [-0.3, -0.25) is 0 Å². The van der Waals surface area contributed by atoms with E-state index in [4.69, 9.17) is 49.0 Å². The number of rotatable bonds is 7. The number of carbonyl (C=O) groups excluding carboxylic acids is 2. The summed E-state index contributed by atoms with van der Waals surface area (Å²) in [4.78, 5) is 35.9. The molecule has 8 nitrogen and oxygen atoms in total. The largest absolute Gasteiger partial charge is 0.513 e. The number of amides is 1. The Morgan fingerprint density at radius 1 is 0.865 bits per heavy atom. The van der Waals surface area contributed by atoms with Crippen LogP contribution in [0.2, 0.25) is 0 Å². The molecule has 37 heavy (non-hydrogen) atoms. The molecule has 0 aliphatic heterocycles. The predicted octanol–water partition coefficient (Wildman–Crippen LogP) is 6.24. The number of ether oxygens (including phenoxy) is 3. The van der Waals surface area contributed by atoms with Gasteiger partial charge in [-0.2, -0.15) is 0 Å². The van der Waals surface area contributed by atoms with Gasteiger partial charge in [0, 0.05) is 5.92 Å². The monoisotopic (exact) mass is 563 g/mol. The zero-order valence-corrected chi connectivity index (χ0v) is 21.3. The third-order valence-electron chi connectivity index (χ3n) is 5.62. The summed E-state index contributed by atoms with van der Waals surface area (Å²) < 4.78 is 13.5. The molecule has 4 rings (SSSR count). The summed E-state index contributed by atoms with van der Waals surface area (Å²) in [5.74, 6) is -1.34. The van der Waals surface area contributed by atoms with E-state index in [1.165, 1.54) is 24.3 Å². The molecular formula is C26H20Cl3NO7. The van der Waals surface area contributed by atoms with Crippen LogP contribution >= 0.6 is 34.8 Å². The number of halogens is 3. The maximum absolute atomic E-state index is 12.4. The van der Waals surface area contributed by atoms with Crippen molar-refractivity contribution in [3.63, 3.8) is 0 Å². The predicted molar refractivity (Wildman–Crippen MR) is 137 cm³/mol. The quantitative estimate of drug-likeness (QED) is 0.199. The van der Waals surface area contributed by atoms with Gasteiger partial charge in [0.15, 0.2) is 6.04 Å². The molecule has 0 aromatic heterocycles. The van der Waals surface area contributed by atoms with Gasteiger partial charge in [-0.05, 0) is 39.9 Å². The van der Waals surface area contributed by atoms with E-state index in [0.29, 0.717) is 0 Å². The molecule has 0 bridgehead atoms. The van der Waals surface area contributed by atoms with Crippen LogP contribution in [-0.4, -0.2) is 40.3 Å². The molecule has 3 aromatic carbocycles. The lowest BCUT2D eigenvalue weighted by molar-refractivity contribution is -0.139. The van der Waals surface area contributed by atoms with Crippen molar-refractivity contribution in [3.05, 3.63) is 89.5 Å². The van der Waals surface area contributed by atoms with Gasteiger partial charge in [0.1, 0.15) is 19.0 Å². The minimum absolute atomic E-state index is 0.0895. The number of hydrogen-bond acceptors (Lipinski definition) is 6. The summed E-state index contributed by atoms with van der Waals surface area (Å²) in [6.45, 7) is -0.477. The van der Waals surface area contributed by atoms with E-state index in [1.54, 1.807) is 0 Å². The normalized spacial score (nSPS) is 13.2. The van der Waals surface area contributed by atoms with Gasteiger partial charge < -0.3 is 24.6 Å². The van der Waals surface area contributed by atoms with Crippen LogP contribution in [0, 0.1) is 0 Å². The lowest BCUT2D eigenvalue weighted by atomic mass is 9.98. The average molecular weight is 565 g/mol. The molecule has 1 atom stereocenters. The van der Waals surface area contributed by atoms with Gasteiger partial charge in [-0.25, -0.2) is 14.4 Å². The van der Waals surface area contributed by atoms with Gasteiger partial charge in [0.25, 0.3) is 0 Å². The Labute approximate surface area is 227 Å². The Kier molecular flexibility index (Phi) is 8.12. The third-order valence-corrected chi connectivity index (χ3v) is 5.95. The molecule has 11 heteroatoms. The Hall–Kier alpha value is -3.46. The number of aliphatic carboxylic acids is 1. The van der Waals surface area contributed by atoms with Crippen LogP contribution in [0.25, 0.3) is 11.1 Å². The maximum atomic E-state index is 12.4. The van der Waals surface area contributed by atoms with E-state index in [1.807, 2.05) is 48.5 Å². The van der Waals surface area contributed by atoms with E-state index in [9.17, 15) is 19.5 Å². The van der Waals surface area contributed by atoms with Crippen LogP contribution in [0.5, 0.6) is 5.75 Å². The Balaban J connectivity index is 1.35. The van der Waals surface area contributed by atoms with Crippen LogP contribution in [-0.2, 0) is 14.3 Å². The maximum Gasteiger partial charge on any atom is 0.513 e. The van der Waals surface area contributed by atoms with Gasteiger partial charge in [-0.15, -0.1) is 0 Å². The van der Waals surface area contributed by atoms with Crippen LogP contribution in [0.4, 0.5) is 9.59 Å². The highest BCUT2D eigenvalue weighted by Gasteiger charge is 2.30. The number of fused-ring (bicyclic) bond motifs is 3. The van der Waals surface area contributed by atoms with E-state index in [2.05, 4.69) is 5.32 Å². The number of benzene rings is 3. The van der Waals surface area contributed by atoms with Crippen LogP contribution in [0.3, 0.4) is 0 Å². The van der Waals surface area contributed by atoms with Crippen molar-refractivity contribution in [1.29, 1.82) is 0 Å². The summed E-state index contributed by atoms with van der Waals surface area (Å²) in [7, 11) is 0. The van der Waals surface area contributed by atoms with E-state index >= 15 is 0 Å². The molecule has 0 spiro atoms. The molecule has 192 valence electrons. The first-order chi connectivity index (χ1) is 17.6. The number of carbonyl (C=O) groups is 3. The highest BCUT2D eigenvalue weighted by Crippen LogP contribution is 2.44. The van der Waals surface area contributed by atoms with Gasteiger partial charge in [0.05, 0.1) is 0 Å². The van der Waals surface area contributed by atoms with Crippen molar-refractivity contribution in [2.45, 2.75) is 15.8 Å². The van der Waals surface area contributed by atoms with Crippen molar-refractivity contribution >= 4 is 53.0 Å².